The minimum atomic E-state index is -0.815. The Morgan fingerprint density at radius 1 is 1.15 bits per heavy atom. The van der Waals surface area contributed by atoms with Gasteiger partial charge in [-0.05, 0) is 24.3 Å². The summed E-state index contributed by atoms with van der Waals surface area (Å²) in [5.41, 5.74) is 7.21. The number of rotatable bonds is 3. The molecule has 2 heterocycles. The van der Waals surface area contributed by atoms with Crippen molar-refractivity contribution in [3.05, 3.63) is 70.6 Å². The van der Waals surface area contributed by atoms with Crippen LogP contribution >= 0.6 is 0 Å². The van der Waals surface area contributed by atoms with Gasteiger partial charge < -0.3 is 20.2 Å². The Morgan fingerprint density at radius 2 is 1.93 bits per heavy atom. The Morgan fingerprint density at radius 3 is 2.78 bits per heavy atom. The fraction of sp³-hybridized carbons (Fsp3) is 0.105. The number of nitrogens with zero attached hydrogens (tertiary/aromatic N) is 2. The number of methoxy groups -OCH3 is 1. The quantitative estimate of drug-likeness (QED) is 0.657. The van der Waals surface area contributed by atoms with Crippen molar-refractivity contribution in [3.8, 4) is 5.75 Å². The van der Waals surface area contributed by atoms with Crippen LogP contribution in [0, 0.1) is 0 Å². The lowest BCUT2D eigenvalue weighted by Crippen LogP contribution is -2.44. The summed E-state index contributed by atoms with van der Waals surface area (Å²) < 4.78 is 10.9. The van der Waals surface area contributed by atoms with Crippen LogP contribution in [-0.4, -0.2) is 19.0 Å². The predicted octanol–water partition coefficient (Wildman–Crippen LogP) is 2.19. The van der Waals surface area contributed by atoms with Gasteiger partial charge in [0.1, 0.15) is 17.6 Å². The van der Waals surface area contributed by atoms with Gasteiger partial charge in [0.25, 0.3) is 0 Å². The number of ether oxygens (including phenoxy) is 1. The van der Waals surface area contributed by atoms with E-state index in [1.165, 1.54) is 6.26 Å². The predicted molar refractivity (Wildman–Crippen MR) is 104 cm³/mol. The maximum Gasteiger partial charge on any atom is 0.205 e. The highest BCUT2D eigenvalue weighted by Crippen LogP contribution is 2.25. The minimum Gasteiger partial charge on any atom is -0.495 e. The first-order chi connectivity index (χ1) is 13.2. The standard InChI is InChI=1S/C19H17N5O3/c1-26-15-9-5-3-7-13(15)21-19-23-17(22-18(20)24-19)12-10-27-14-8-4-2-6-11(14)16(12)25/h2-10,17H,1H3,(H4,20,21,22,23,24)/t17-/m0/s1. The maximum absolute atomic E-state index is 12.8. The van der Waals surface area contributed by atoms with E-state index in [1.807, 2.05) is 24.3 Å². The summed E-state index contributed by atoms with van der Waals surface area (Å²) in [6.07, 6.45) is 0.561. The number of guanidine groups is 2. The number of hydrogen-bond acceptors (Lipinski definition) is 8. The molecule has 3 aromatic rings. The smallest absolute Gasteiger partial charge is 0.205 e. The lowest BCUT2D eigenvalue weighted by molar-refractivity contribution is 0.417. The zero-order valence-corrected chi connectivity index (χ0v) is 14.5. The third kappa shape index (κ3) is 3.20. The average Bonchev–Trinajstić information content (AvgIpc) is 2.68. The number of nitrogens with one attached hydrogen (secondary N) is 2. The molecule has 1 aliphatic heterocycles. The Kier molecular flexibility index (Phi) is 4.21. The van der Waals surface area contributed by atoms with E-state index in [2.05, 4.69) is 20.6 Å². The molecule has 0 saturated carbocycles. The molecule has 4 N–H and O–H groups in total. The van der Waals surface area contributed by atoms with E-state index in [0.29, 0.717) is 33.9 Å². The van der Waals surface area contributed by atoms with E-state index in [1.54, 1.807) is 31.4 Å². The fourth-order valence-electron chi connectivity index (χ4n) is 2.82. The molecule has 8 heteroatoms. The van der Waals surface area contributed by atoms with Crippen molar-refractivity contribution in [2.24, 2.45) is 15.7 Å². The summed E-state index contributed by atoms with van der Waals surface area (Å²) >= 11 is 0. The van der Waals surface area contributed by atoms with Crippen LogP contribution in [0.3, 0.4) is 0 Å². The van der Waals surface area contributed by atoms with Crippen molar-refractivity contribution in [2.75, 3.05) is 12.4 Å². The van der Waals surface area contributed by atoms with E-state index in [9.17, 15) is 4.79 Å². The van der Waals surface area contributed by atoms with Crippen molar-refractivity contribution in [1.29, 1.82) is 0 Å². The first-order valence-electron chi connectivity index (χ1n) is 8.24. The highest BCUT2D eigenvalue weighted by Gasteiger charge is 2.22. The number of benzene rings is 2. The van der Waals surface area contributed by atoms with Gasteiger partial charge in [-0.3, -0.25) is 10.1 Å². The summed E-state index contributed by atoms with van der Waals surface area (Å²) in [6.45, 7) is 0. The lowest BCUT2D eigenvalue weighted by atomic mass is 10.1. The zero-order chi connectivity index (χ0) is 18.8. The zero-order valence-electron chi connectivity index (χ0n) is 14.5. The molecule has 0 radical (unpaired) electrons. The molecule has 1 aliphatic rings. The topological polar surface area (TPSA) is 114 Å². The first kappa shape index (κ1) is 16.6. The summed E-state index contributed by atoms with van der Waals surface area (Å²) in [4.78, 5) is 21.5. The van der Waals surface area contributed by atoms with Crippen LogP contribution < -0.4 is 26.5 Å². The van der Waals surface area contributed by atoms with E-state index in [-0.39, 0.29) is 11.4 Å². The maximum atomic E-state index is 12.8. The van der Waals surface area contributed by atoms with Crippen molar-refractivity contribution in [2.45, 2.75) is 6.17 Å². The van der Waals surface area contributed by atoms with Gasteiger partial charge in [0.05, 0.1) is 23.7 Å². The van der Waals surface area contributed by atoms with Gasteiger partial charge in [-0.25, -0.2) is 9.98 Å². The monoisotopic (exact) mass is 363 g/mol. The van der Waals surface area contributed by atoms with Crippen LogP contribution in [0.25, 0.3) is 11.0 Å². The summed E-state index contributed by atoms with van der Waals surface area (Å²) in [6, 6.07) is 14.4. The van der Waals surface area contributed by atoms with Crippen molar-refractivity contribution >= 4 is 28.6 Å². The molecule has 0 unspecified atom stereocenters. The molecular formula is C19H17N5O3. The Labute approximate surface area is 154 Å². The number of fused-ring (bicyclic) bond motifs is 1. The molecule has 0 fully saturated rings. The van der Waals surface area contributed by atoms with Gasteiger partial charge in [-0.15, -0.1) is 0 Å². The molecular weight excluding hydrogens is 346 g/mol. The largest absolute Gasteiger partial charge is 0.495 e. The molecule has 136 valence electrons. The van der Waals surface area contributed by atoms with Gasteiger partial charge in [0, 0.05) is 0 Å². The number of para-hydroxylation sites is 3. The molecule has 0 spiro atoms. The minimum absolute atomic E-state index is 0.139. The second-order valence-corrected chi connectivity index (χ2v) is 5.83. The highest BCUT2D eigenvalue weighted by atomic mass is 16.5. The van der Waals surface area contributed by atoms with Crippen molar-refractivity contribution < 1.29 is 9.15 Å². The number of aliphatic imine (C=N–C) groups is 2. The van der Waals surface area contributed by atoms with E-state index >= 15 is 0 Å². The fourth-order valence-corrected chi connectivity index (χ4v) is 2.82. The average molecular weight is 363 g/mol. The van der Waals surface area contributed by atoms with Gasteiger partial charge in [-0.1, -0.05) is 24.3 Å². The molecule has 8 nitrogen and oxygen atoms in total. The van der Waals surface area contributed by atoms with Gasteiger partial charge in [0.15, 0.2) is 17.6 Å². The summed E-state index contributed by atoms with van der Waals surface area (Å²) in [7, 11) is 1.58. The Balaban J connectivity index is 1.72. The first-order valence-corrected chi connectivity index (χ1v) is 8.24. The summed E-state index contributed by atoms with van der Waals surface area (Å²) in [5, 5.41) is 6.43. The van der Waals surface area contributed by atoms with Gasteiger partial charge >= 0.3 is 0 Å². The molecule has 0 aliphatic carbocycles. The number of hydrogen-bond donors (Lipinski definition) is 3. The SMILES string of the molecule is COc1ccccc1NC1=N[C@@H](c2coc3ccccc3c2=O)N=C(N)N1. The van der Waals surface area contributed by atoms with Crippen LogP contribution in [-0.2, 0) is 0 Å². The lowest BCUT2D eigenvalue weighted by Gasteiger charge is -2.20. The third-order valence-corrected chi connectivity index (χ3v) is 4.10. The second-order valence-electron chi connectivity index (χ2n) is 5.83. The van der Waals surface area contributed by atoms with Gasteiger partial charge in [-0.2, -0.15) is 0 Å². The normalized spacial score (nSPS) is 16.3. The van der Waals surface area contributed by atoms with Crippen LogP contribution in [0.1, 0.15) is 11.7 Å². The van der Waals surface area contributed by atoms with Crippen molar-refractivity contribution in [3.63, 3.8) is 0 Å². The molecule has 4 rings (SSSR count). The van der Waals surface area contributed by atoms with Crippen LogP contribution in [0.5, 0.6) is 5.75 Å². The van der Waals surface area contributed by atoms with E-state index in [0.717, 1.165) is 0 Å². The molecule has 0 bridgehead atoms. The van der Waals surface area contributed by atoms with Crippen molar-refractivity contribution in [1.82, 2.24) is 5.32 Å². The molecule has 1 atom stereocenters. The second kappa shape index (κ2) is 6.83. The Bertz CT molecular complexity index is 1120. The van der Waals surface area contributed by atoms with Crippen LogP contribution in [0.15, 0.2) is 74.0 Å². The molecule has 1 aromatic heterocycles. The van der Waals surface area contributed by atoms with E-state index in [4.69, 9.17) is 14.9 Å². The molecule has 2 aromatic carbocycles. The Hall–Kier alpha value is -3.81. The highest BCUT2D eigenvalue weighted by molar-refractivity contribution is 6.06. The molecule has 27 heavy (non-hydrogen) atoms. The van der Waals surface area contributed by atoms with Crippen LogP contribution in [0.4, 0.5) is 5.69 Å². The number of nitrogens with two attached hydrogens (primary N) is 1. The van der Waals surface area contributed by atoms with Crippen LogP contribution in [0.2, 0.25) is 0 Å². The third-order valence-electron chi connectivity index (χ3n) is 4.10. The van der Waals surface area contributed by atoms with Gasteiger partial charge in [0.2, 0.25) is 5.96 Å². The van der Waals surface area contributed by atoms with E-state index < -0.39 is 6.17 Å². The number of anilines is 1. The summed E-state index contributed by atoms with van der Waals surface area (Å²) in [5.74, 6) is 1.13. The molecule has 0 saturated heterocycles. The molecule has 0 amide bonds.